The standard InChI is InChI=1S/2C10H16.3C9H10O2.7C2H6.2CH4/c2*1-2-9-7-4-5-8(6-7)10(9)3-1;3*1-2-4-8(5-3-1)10-6-9-7-11-9;7*1-2;;/h2*7-10H,1-6H2;3*1-5,9H,6-7H2;7*1-2H3;2*1H4. The summed E-state index contributed by atoms with van der Waals surface area (Å²) in [6.07, 6.45) is 20.1. The number of epoxide rings is 3. The predicted molar refractivity (Wildman–Crippen MR) is 301 cm³/mol. The largest absolute Gasteiger partial charge is 0.491 e. The van der Waals surface area contributed by atoms with Gasteiger partial charge >= 0.3 is 0 Å². The summed E-state index contributed by atoms with van der Waals surface area (Å²) in [7, 11) is 0. The Labute approximate surface area is 429 Å². The van der Waals surface area contributed by atoms with E-state index in [1.54, 1.807) is 77.0 Å². The van der Waals surface area contributed by atoms with Crippen LogP contribution in [0.4, 0.5) is 0 Å². The number of benzene rings is 3. The minimum atomic E-state index is 0. The van der Waals surface area contributed by atoms with E-state index in [0.717, 1.165) is 37.1 Å². The molecule has 12 rings (SSSR count). The van der Waals surface area contributed by atoms with Crippen molar-refractivity contribution in [2.24, 2.45) is 47.3 Å². The van der Waals surface area contributed by atoms with Crippen LogP contribution in [-0.2, 0) is 14.2 Å². The summed E-state index contributed by atoms with van der Waals surface area (Å²) in [6.45, 7) is 32.6. The maximum absolute atomic E-state index is 5.40. The van der Waals surface area contributed by atoms with Crippen molar-refractivity contribution in [3.05, 3.63) is 91.0 Å². The molecule has 6 aliphatic carbocycles. The van der Waals surface area contributed by atoms with E-state index >= 15 is 0 Å². The van der Waals surface area contributed by atoms with Crippen molar-refractivity contribution in [1.82, 2.24) is 0 Å². The number of rotatable bonds is 9. The molecule has 4 bridgehead atoms. The normalized spacial score (nSPS) is 27.5. The average molecular weight is 966 g/mol. The Morgan fingerprint density at radius 3 is 0.725 bits per heavy atom. The van der Waals surface area contributed by atoms with E-state index in [0.29, 0.717) is 38.1 Å². The van der Waals surface area contributed by atoms with Gasteiger partial charge in [0.1, 0.15) is 55.4 Å². The van der Waals surface area contributed by atoms with E-state index in [1.165, 1.54) is 47.3 Å². The Bertz CT molecular complexity index is 1290. The third-order valence-electron chi connectivity index (χ3n) is 13.4. The highest BCUT2D eigenvalue weighted by atomic mass is 16.6. The lowest BCUT2D eigenvalue weighted by molar-refractivity contribution is 0.259. The highest BCUT2D eigenvalue weighted by Gasteiger charge is 2.49. The van der Waals surface area contributed by atoms with Gasteiger partial charge in [-0.2, -0.15) is 0 Å². The summed E-state index contributed by atoms with van der Waals surface area (Å²) in [6, 6.07) is 29.4. The summed E-state index contributed by atoms with van der Waals surface area (Å²) in [5.41, 5.74) is 0. The van der Waals surface area contributed by atoms with Crippen molar-refractivity contribution in [1.29, 1.82) is 0 Å². The Morgan fingerprint density at radius 1 is 0.333 bits per heavy atom. The molecule has 0 N–H and O–H groups in total. The average Bonchev–Trinajstić information content (AvgIpc) is 4.34. The van der Waals surface area contributed by atoms with Gasteiger partial charge in [-0.25, -0.2) is 0 Å². The van der Waals surface area contributed by atoms with E-state index in [-0.39, 0.29) is 14.9 Å². The van der Waals surface area contributed by atoms with E-state index in [9.17, 15) is 0 Å². The Balaban J connectivity index is 0. The van der Waals surface area contributed by atoms with Crippen LogP contribution in [0.5, 0.6) is 17.2 Å². The lowest BCUT2D eigenvalue weighted by Gasteiger charge is -2.23. The maximum Gasteiger partial charge on any atom is 0.119 e. The molecule has 11 atom stereocenters. The highest BCUT2D eigenvalue weighted by molar-refractivity contribution is 5.22. The van der Waals surface area contributed by atoms with Crippen LogP contribution in [0, 0.1) is 47.3 Å². The molecule has 0 radical (unpaired) electrons. The minimum Gasteiger partial charge on any atom is -0.491 e. The minimum absolute atomic E-state index is 0. The van der Waals surface area contributed by atoms with Crippen molar-refractivity contribution < 1.29 is 28.4 Å². The Kier molecular flexibility index (Phi) is 43.1. The van der Waals surface area contributed by atoms with Crippen molar-refractivity contribution in [3.63, 3.8) is 0 Å². The van der Waals surface area contributed by atoms with E-state index in [4.69, 9.17) is 28.4 Å². The van der Waals surface area contributed by atoms with Gasteiger partial charge < -0.3 is 28.4 Å². The molecular weight excluding hydrogens is 853 g/mol. The Hall–Kier alpha value is -3.06. The zero-order chi connectivity index (χ0) is 49.7. The van der Waals surface area contributed by atoms with Gasteiger partial charge in [0.05, 0.1) is 19.8 Å². The second-order valence-electron chi connectivity index (χ2n) is 16.9. The van der Waals surface area contributed by atoms with Crippen LogP contribution in [0.2, 0.25) is 0 Å². The quantitative estimate of drug-likeness (QED) is 0.199. The van der Waals surface area contributed by atoms with Crippen molar-refractivity contribution in [2.75, 3.05) is 39.6 Å². The lowest BCUT2D eigenvalue weighted by atomic mass is 9.82. The third-order valence-corrected chi connectivity index (χ3v) is 13.4. The second-order valence-corrected chi connectivity index (χ2v) is 16.9. The lowest BCUT2D eigenvalue weighted by Crippen LogP contribution is -2.15. The van der Waals surface area contributed by atoms with E-state index in [2.05, 4.69) is 0 Å². The van der Waals surface area contributed by atoms with Gasteiger partial charge in [0.2, 0.25) is 0 Å². The van der Waals surface area contributed by atoms with Crippen LogP contribution in [0.1, 0.15) is 189 Å². The van der Waals surface area contributed by atoms with Gasteiger partial charge in [-0.1, -0.05) is 179 Å². The predicted octanol–water partition coefficient (Wildman–Crippen LogP) is 18.5. The molecule has 3 aromatic carbocycles. The molecule has 3 heterocycles. The summed E-state index contributed by atoms with van der Waals surface area (Å²) in [5.74, 6) is 12.4. The SMILES string of the molecule is C.C.C1CC2C3CCC(C3)C2C1.C1CC2C3CCC(C3)C2C1.CC.CC.CC.CC.CC.CC.CC.c1ccc(OCC2CO2)cc1.c1ccc(OCC2CO2)cc1.c1ccc(OCC2CO2)cc1. The fraction of sp³-hybridized carbons (Fsp3) is 0.714. The van der Waals surface area contributed by atoms with Crippen molar-refractivity contribution in [2.45, 2.75) is 207 Å². The summed E-state index contributed by atoms with van der Waals surface area (Å²) in [5, 5.41) is 0. The first-order valence-corrected chi connectivity index (χ1v) is 28.1. The Morgan fingerprint density at radius 2 is 0.536 bits per heavy atom. The molecule has 69 heavy (non-hydrogen) atoms. The van der Waals surface area contributed by atoms with Gasteiger partial charge in [-0.05, 0) is 148 Å². The van der Waals surface area contributed by atoms with Gasteiger partial charge in [0, 0.05) is 0 Å². The third kappa shape index (κ3) is 26.3. The fourth-order valence-electron chi connectivity index (χ4n) is 10.6. The molecule has 9 aliphatic rings. The van der Waals surface area contributed by atoms with Gasteiger partial charge in [0.25, 0.3) is 0 Å². The van der Waals surface area contributed by atoms with Crippen LogP contribution in [-0.4, -0.2) is 58.0 Å². The number of hydrogen-bond acceptors (Lipinski definition) is 6. The van der Waals surface area contributed by atoms with Gasteiger partial charge in [-0.15, -0.1) is 0 Å². The molecule has 9 fully saturated rings. The summed E-state index contributed by atoms with van der Waals surface area (Å²) < 4.78 is 31.2. The molecule has 0 amide bonds. The van der Waals surface area contributed by atoms with Crippen LogP contribution < -0.4 is 14.2 Å². The molecule has 3 saturated heterocycles. The first-order valence-electron chi connectivity index (χ1n) is 28.1. The number of para-hydroxylation sites is 3. The highest BCUT2D eigenvalue weighted by Crippen LogP contribution is 2.59. The van der Waals surface area contributed by atoms with E-state index < -0.39 is 0 Å². The maximum atomic E-state index is 5.40. The molecule has 0 spiro atoms. The molecule has 400 valence electrons. The molecular formula is C63H112O6. The van der Waals surface area contributed by atoms with Crippen LogP contribution in [0.15, 0.2) is 91.0 Å². The van der Waals surface area contributed by atoms with Gasteiger partial charge in [0.15, 0.2) is 0 Å². The van der Waals surface area contributed by atoms with Crippen LogP contribution in [0.25, 0.3) is 0 Å². The van der Waals surface area contributed by atoms with Gasteiger partial charge in [-0.3, -0.25) is 0 Å². The molecule has 3 aliphatic heterocycles. The van der Waals surface area contributed by atoms with Crippen LogP contribution in [0.3, 0.4) is 0 Å². The monoisotopic (exact) mass is 965 g/mol. The fourth-order valence-corrected chi connectivity index (χ4v) is 10.6. The molecule has 6 saturated carbocycles. The van der Waals surface area contributed by atoms with E-state index in [1.807, 2.05) is 188 Å². The summed E-state index contributed by atoms with van der Waals surface area (Å²) >= 11 is 0. The number of ether oxygens (including phenoxy) is 6. The van der Waals surface area contributed by atoms with Crippen LogP contribution >= 0.6 is 0 Å². The molecule has 6 nitrogen and oxygen atoms in total. The molecule has 6 heteroatoms. The molecule has 3 aromatic rings. The first kappa shape index (κ1) is 68.0. The smallest absolute Gasteiger partial charge is 0.119 e. The zero-order valence-corrected chi connectivity index (χ0v) is 45.7. The number of fused-ring (bicyclic) bond motifs is 10. The van der Waals surface area contributed by atoms with Crippen molar-refractivity contribution >= 4 is 0 Å². The second kappa shape index (κ2) is 43.7. The number of hydrogen-bond donors (Lipinski definition) is 0. The molecule has 11 unspecified atom stereocenters. The van der Waals surface area contributed by atoms with Crippen molar-refractivity contribution in [3.8, 4) is 17.2 Å². The first-order chi connectivity index (χ1) is 33.2. The topological polar surface area (TPSA) is 65.3 Å². The summed E-state index contributed by atoms with van der Waals surface area (Å²) in [4.78, 5) is 0. The zero-order valence-electron chi connectivity index (χ0n) is 45.7. The molecule has 0 aromatic heterocycles.